The Bertz CT molecular complexity index is 3250. The van der Waals surface area contributed by atoms with E-state index in [1.165, 1.54) is 0 Å². The summed E-state index contributed by atoms with van der Waals surface area (Å²) in [5, 5.41) is 5.34. The number of rotatable bonds is 4. The van der Waals surface area contributed by atoms with Gasteiger partial charge in [0.05, 0.1) is 49.9 Å². The Morgan fingerprint density at radius 1 is 0.538 bits per heavy atom. The third-order valence-electron chi connectivity index (χ3n) is 10.4. The molecule has 7 nitrogen and oxygen atoms in total. The smallest absolute Gasteiger partial charge is 0.153 e. The van der Waals surface area contributed by atoms with Crippen LogP contribution in [-0.2, 0) is 0 Å². The Morgan fingerprint density at radius 3 is 1.92 bits per heavy atom. The van der Waals surface area contributed by atoms with Gasteiger partial charge < -0.3 is 23.9 Å². The van der Waals surface area contributed by atoms with Crippen molar-refractivity contribution in [2.75, 3.05) is 5.73 Å². The monoisotopic (exact) mass is 670 g/mol. The van der Waals surface area contributed by atoms with Gasteiger partial charge in [-0.1, -0.05) is 54.6 Å². The molecule has 5 aromatic carbocycles. The van der Waals surface area contributed by atoms with Crippen molar-refractivity contribution in [1.82, 2.24) is 23.7 Å². The second-order valence-electron chi connectivity index (χ2n) is 13.2. The Labute approximate surface area is 297 Å². The summed E-state index contributed by atoms with van der Waals surface area (Å²) in [4.78, 5) is 9.73. The molecule has 2 N–H and O–H groups in total. The molecule has 0 bridgehead atoms. The summed E-state index contributed by atoms with van der Waals surface area (Å²) in [6.45, 7) is 2.03. The number of aromatic nitrogens is 5. The molecule has 52 heavy (non-hydrogen) atoms. The Balaban J connectivity index is 1.32. The summed E-state index contributed by atoms with van der Waals surface area (Å²) < 4.78 is 13.1. The Kier molecular flexibility index (Phi) is 5.90. The van der Waals surface area contributed by atoms with Gasteiger partial charge in [-0.05, 0) is 91.9 Å². The van der Waals surface area contributed by atoms with E-state index < -0.39 is 0 Å². The highest BCUT2D eigenvalue weighted by molar-refractivity contribution is 6.29. The Morgan fingerprint density at radius 2 is 1.19 bits per heavy atom. The maximum Gasteiger partial charge on any atom is 0.153 e. The number of benzene rings is 5. The largest absolute Gasteiger partial charge is 0.454 e. The number of anilines is 1. The van der Waals surface area contributed by atoms with Crippen molar-refractivity contribution in [2.24, 2.45) is 0 Å². The maximum absolute atomic E-state index is 7.24. The first kappa shape index (κ1) is 28.7. The molecule has 0 aliphatic rings. The summed E-state index contributed by atoms with van der Waals surface area (Å²) in [6, 6.07) is 44.4. The highest BCUT2D eigenvalue weighted by atomic mass is 16.3. The van der Waals surface area contributed by atoms with Gasteiger partial charge in [0.15, 0.2) is 5.58 Å². The molecule has 11 rings (SSSR count). The van der Waals surface area contributed by atoms with Gasteiger partial charge in [0.25, 0.3) is 0 Å². The fourth-order valence-corrected chi connectivity index (χ4v) is 8.34. The van der Waals surface area contributed by atoms with E-state index in [0.717, 1.165) is 105 Å². The van der Waals surface area contributed by atoms with Gasteiger partial charge in [-0.2, -0.15) is 0 Å². The molecule has 0 amide bonds. The third kappa shape index (κ3) is 3.79. The van der Waals surface area contributed by atoms with Crippen LogP contribution in [0.25, 0.3) is 99.9 Å². The van der Waals surface area contributed by atoms with E-state index in [1.807, 2.05) is 49.6 Å². The molecule has 6 heterocycles. The summed E-state index contributed by atoms with van der Waals surface area (Å²) in [6.07, 6.45) is 7.86. The van der Waals surface area contributed by atoms with Crippen LogP contribution >= 0.6 is 0 Å². The highest BCUT2D eigenvalue weighted by Crippen LogP contribution is 2.46. The number of allylic oxidation sites excluding steroid dienone is 1. The highest BCUT2D eigenvalue weighted by Gasteiger charge is 2.26. The summed E-state index contributed by atoms with van der Waals surface area (Å²) in [5.74, 6) is 0. The second-order valence-corrected chi connectivity index (χ2v) is 13.2. The molecule has 6 aromatic heterocycles. The predicted molar refractivity (Wildman–Crippen MR) is 214 cm³/mol. The van der Waals surface area contributed by atoms with Crippen LogP contribution in [0.1, 0.15) is 12.6 Å². The number of fused-ring (bicyclic) bond motifs is 12. The van der Waals surface area contributed by atoms with Gasteiger partial charge in [0, 0.05) is 51.0 Å². The number of pyridine rings is 2. The maximum atomic E-state index is 7.24. The summed E-state index contributed by atoms with van der Waals surface area (Å²) >= 11 is 0. The van der Waals surface area contributed by atoms with E-state index >= 15 is 0 Å². The minimum Gasteiger partial charge on any atom is -0.454 e. The first-order valence-corrected chi connectivity index (χ1v) is 17.4. The molecule has 0 saturated carbocycles. The number of para-hydroxylation sites is 2. The standard InChI is InChI=1S/C45H30N6O/c1-2-11-35-41(46)39-33(49(35)27-12-5-3-6-13-27)21-19-30-31-20-22-34-40(45(31)51(44(30)39)28-14-7-4-8-15-28)43-36(16-9-24-48-43)50(34)29-18-23-37-32(26-29)42-38(52-37)17-10-25-47-42/h2-26H,46H2,1H3/b11-2-. The zero-order chi connectivity index (χ0) is 34.5. The van der Waals surface area contributed by atoms with Gasteiger partial charge in [0.2, 0.25) is 0 Å². The molecule has 0 radical (unpaired) electrons. The number of furan rings is 1. The molecular weight excluding hydrogens is 641 g/mol. The fraction of sp³-hybridized carbons (Fsp3) is 0.0222. The van der Waals surface area contributed by atoms with Crippen LogP contribution in [-0.4, -0.2) is 23.7 Å². The zero-order valence-electron chi connectivity index (χ0n) is 28.2. The van der Waals surface area contributed by atoms with Crippen molar-refractivity contribution < 1.29 is 4.42 Å². The molecule has 0 saturated heterocycles. The van der Waals surface area contributed by atoms with Crippen molar-refractivity contribution in [1.29, 1.82) is 0 Å². The molecule has 0 atom stereocenters. The topological polar surface area (TPSA) is 79.7 Å². The second kappa shape index (κ2) is 10.7. The van der Waals surface area contributed by atoms with Crippen molar-refractivity contribution in [3.8, 4) is 17.1 Å². The molecule has 0 aliphatic carbocycles. The van der Waals surface area contributed by atoms with Crippen molar-refractivity contribution in [3.05, 3.63) is 152 Å². The molecule has 0 unspecified atom stereocenters. The molecule has 7 heteroatoms. The Hall–Kier alpha value is -7.12. The van der Waals surface area contributed by atoms with Crippen LogP contribution in [0.4, 0.5) is 5.69 Å². The number of nitrogens with two attached hydrogens (primary N) is 1. The van der Waals surface area contributed by atoms with Gasteiger partial charge >= 0.3 is 0 Å². The van der Waals surface area contributed by atoms with Crippen molar-refractivity contribution in [2.45, 2.75) is 6.92 Å². The van der Waals surface area contributed by atoms with Crippen LogP contribution in [0, 0.1) is 0 Å². The van der Waals surface area contributed by atoms with E-state index in [4.69, 9.17) is 15.1 Å². The minimum atomic E-state index is 0.744. The van der Waals surface area contributed by atoms with Crippen LogP contribution in [0.15, 0.2) is 150 Å². The number of hydrogen-bond donors (Lipinski definition) is 1. The van der Waals surface area contributed by atoms with Gasteiger partial charge in [0.1, 0.15) is 11.1 Å². The van der Waals surface area contributed by atoms with E-state index in [1.54, 1.807) is 0 Å². The van der Waals surface area contributed by atoms with Crippen LogP contribution in [0.3, 0.4) is 0 Å². The lowest BCUT2D eigenvalue weighted by Crippen LogP contribution is -1.97. The van der Waals surface area contributed by atoms with E-state index in [0.29, 0.717) is 0 Å². The molecule has 0 aliphatic heterocycles. The predicted octanol–water partition coefficient (Wildman–Crippen LogP) is 11.1. The number of nitrogens with zero attached hydrogens (tertiary/aromatic N) is 5. The third-order valence-corrected chi connectivity index (χ3v) is 10.4. The van der Waals surface area contributed by atoms with Gasteiger partial charge in [-0.25, -0.2) is 0 Å². The van der Waals surface area contributed by atoms with Crippen LogP contribution in [0.2, 0.25) is 0 Å². The first-order chi connectivity index (χ1) is 25.7. The lowest BCUT2D eigenvalue weighted by Gasteiger charge is -2.11. The van der Waals surface area contributed by atoms with Crippen LogP contribution < -0.4 is 5.73 Å². The minimum absolute atomic E-state index is 0.744. The quantitative estimate of drug-likeness (QED) is 0.202. The van der Waals surface area contributed by atoms with Crippen molar-refractivity contribution >= 4 is 88.5 Å². The van der Waals surface area contributed by atoms with E-state index in [9.17, 15) is 0 Å². The normalized spacial score (nSPS) is 12.3. The lowest BCUT2D eigenvalue weighted by atomic mass is 10.1. The molecule has 246 valence electrons. The average molecular weight is 671 g/mol. The van der Waals surface area contributed by atoms with Gasteiger partial charge in [-0.3, -0.25) is 9.97 Å². The van der Waals surface area contributed by atoms with Crippen molar-refractivity contribution in [3.63, 3.8) is 0 Å². The molecule has 11 aromatic rings. The SMILES string of the molecule is C/C=C\c1c(N)c2c(ccc3c4ccc5c(c6ncccc6n5-c5ccc6oc7cccnc7c6c5)c4n(-c4ccccc4)c32)n1-c1ccccc1. The number of nitrogen functional groups attached to an aromatic ring is 1. The fourth-order valence-electron chi connectivity index (χ4n) is 8.34. The average Bonchev–Trinajstić information content (AvgIpc) is 3.91. The lowest BCUT2D eigenvalue weighted by molar-refractivity contribution is 0.668. The van der Waals surface area contributed by atoms with Gasteiger partial charge in [-0.15, -0.1) is 0 Å². The molecule has 0 spiro atoms. The number of hydrogen-bond acceptors (Lipinski definition) is 4. The first-order valence-electron chi connectivity index (χ1n) is 17.4. The summed E-state index contributed by atoms with van der Waals surface area (Å²) in [5.41, 5.74) is 20.7. The molecule has 0 fully saturated rings. The molecular formula is C45H30N6O. The zero-order valence-corrected chi connectivity index (χ0v) is 28.2. The van der Waals surface area contributed by atoms with E-state index in [-0.39, 0.29) is 0 Å². The summed E-state index contributed by atoms with van der Waals surface area (Å²) in [7, 11) is 0. The van der Waals surface area contributed by atoms with Crippen LogP contribution in [0.5, 0.6) is 0 Å². The van der Waals surface area contributed by atoms with E-state index in [2.05, 4.69) is 128 Å².